The lowest BCUT2D eigenvalue weighted by Gasteiger charge is -2.41. The molecule has 11 nitrogen and oxygen atoms in total. The van der Waals surface area contributed by atoms with Crippen LogP contribution in [-0.2, 0) is 23.8 Å². The molecule has 1 rings (SSSR count). The third-order valence-corrected chi connectivity index (χ3v) is 12.1. The van der Waals surface area contributed by atoms with Crippen molar-refractivity contribution in [2.45, 2.75) is 256 Å². The Bertz CT molecular complexity index is 1360. The lowest BCUT2D eigenvalue weighted by atomic mass is 9.99. The van der Waals surface area contributed by atoms with Crippen molar-refractivity contribution in [3.05, 3.63) is 72.9 Å². The number of unbranched alkanes of at least 4 members (excludes halogenated alkanes) is 19. The molecule has 0 spiro atoms. The number of aliphatic hydroxyl groups is 5. The monoisotopic (exact) mass is 944 g/mol. The van der Waals surface area contributed by atoms with Crippen LogP contribution in [0.1, 0.15) is 207 Å². The van der Waals surface area contributed by atoms with Crippen molar-refractivity contribution in [3.8, 4) is 0 Å². The molecule has 1 heterocycles. The topological polar surface area (TPSA) is 175 Å². The molecule has 67 heavy (non-hydrogen) atoms. The van der Waals surface area contributed by atoms with Crippen molar-refractivity contribution >= 4 is 11.9 Å². The van der Waals surface area contributed by atoms with E-state index >= 15 is 0 Å². The molecule has 0 aromatic rings. The number of rotatable bonds is 43. The van der Waals surface area contributed by atoms with E-state index in [1.807, 2.05) is 18.2 Å². The first kappa shape index (κ1) is 62.1. The van der Waals surface area contributed by atoms with Gasteiger partial charge in [-0.1, -0.05) is 209 Å². The van der Waals surface area contributed by atoms with Gasteiger partial charge in [0.05, 0.1) is 25.4 Å². The fourth-order valence-electron chi connectivity index (χ4n) is 7.86. The highest BCUT2D eigenvalue weighted by molar-refractivity contribution is 5.80. The van der Waals surface area contributed by atoms with Crippen molar-refractivity contribution in [1.29, 1.82) is 0 Å². The zero-order valence-corrected chi connectivity index (χ0v) is 42.2. The molecule has 0 radical (unpaired) electrons. The van der Waals surface area contributed by atoms with Gasteiger partial charge in [-0.25, -0.2) is 0 Å². The summed E-state index contributed by atoms with van der Waals surface area (Å²) >= 11 is 0. The normalized spacial score (nSPS) is 20.6. The van der Waals surface area contributed by atoms with E-state index in [1.54, 1.807) is 6.08 Å². The second-order valence-corrected chi connectivity index (χ2v) is 18.2. The quantitative estimate of drug-likeness (QED) is 0.0196. The van der Waals surface area contributed by atoms with Crippen LogP contribution in [0.2, 0.25) is 0 Å². The summed E-state index contributed by atoms with van der Waals surface area (Å²) in [4.78, 5) is 26.3. The second kappa shape index (κ2) is 44.3. The van der Waals surface area contributed by atoms with Crippen LogP contribution >= 0.6 is 0 Å². The number of ether oxygens (including phenoxy) is 3. The number of aliphatic hydroxyl groups excluding tert-OH is 5. The first-order valence-corrected chi connectivity index (χ1v) is 26.7. The van der Waals surface area contributed by atoms with Crippen molar-refractivity contribution in [3.63, 3.8) is 0 Å². The maximum absolute atomic E-state index is 13.3. The Balaban J connectivity index is 2.79. The minimum atomic E-state index is -1.64. The Labute approximate surface area is 407 Å². The number of hydrogen-bond acceptors (Lipinski definition) is 10. The highest BCUT2D eigenvalue weighted by Gasteiger charge is 2.47. The molecule has 8 unspecified atom stereocenters. The fraction of sp³-hybridized carbons (Fsp3) is 0.750. The number of allylic oxidation sites excluding steroid dienone is 11. The second-order valence-electron chi connectivity index (χ2n) is 18.2. The van der Waals surface area contributed by atoms with Gasteiger partial charge in [0.2, 0.25) is 5.91 Å². The van der Waals surface area contributed by atoms with Crippen LogP contribution in [0.15, 0.2) is 72.9 Å². The summed E-state index contributed by atoms with van der Waals surface area (Å²) in [5.74, 6) is -1.26. The van der Waals surface area contributed by atoms with E-state index in [1.165, 1.54) is 83.5 Å². The third-order valence-electron chi connectivity index (χ3n) is 12.1. The largest absolute Gasteiger partial charge is 0.454 e. The van der Waals surface area contributed by atoms with Crippen molar-refractivity contribution in [2.75, 3.05) is 13.2 Å². The van der Waals surface area contributed by atoms with Crippen molar-refractivity contribution < 1.29 is 49.3 Å². The van der Waals surface area contributed by atoms with E-state index in [4.69, 9.17) is 14.2 Å². The average Bonchev–Trinajstić information content (AvgIpc) is 3.32. The number of nitrogens with one attached hydrogen (secondary N) is 1. The number of esters is 1. The van der Waals surface area contributed by atoms with E-state index in [0.29, 0.717) is 19.3 Å². The smallest absolute Gasteiger partial charge is 0.306 e. The van der Waals surface area contributed by atoms with Gasteiger partial charge in [-0.2, -0.15) is 0 Å². The predicted molar refractivity (Wildman–Crippen MR) is 273 cm³/mol. The molecule has 1 amide bonds. The minimum absolute atomic E-state index is 0.0435. The molecule has 0 saturated carbocycles. The first-order valence-electron chi connectivity index (χ1n) is 26.7. The molecule has 0 aromatic carbocycles. The highest BCUT2D eigenvalue weighted by atomic mass is 16.7. The van der Waals surface area contributed by atoms with Gasteiger partial charge < -0.3 is 45.1 Å². The van der Waals surface area contributed by atoms with E-state index in [-0.39, 0.29) is 19.4 Å². The number of amides is 1. The van der Waals surface area contributed by atoms with E-state index < -0.39 is 67.4 Å². The van der Waals surface area contributed by atoms with Crippen LogP contribution < -0.4 is 5.32 Å². The molecule has 0 bridgehead atoms. The zero-order valence-electron chi connectivity index (χ0n) is 42.2. The Morgan fingerprint density at radius 2 is 1.07 bits per heavy atom. The van der Waals surface area contributed by atoms with Gasteiger partial charge in [0.15, 0.2) is 12.4 Å². The average molecular weight is 944 g/mol. The van der Waals surface area contributed by atoms with Crippen LogP contribution in [-0.4, -0.2) is 99.6 Å². The molecule has 0 aliphatic carbocycles. The molecule has 0 aromatic heterocycles. The lowest BCUT2D eigenvalue weighted by molar-refractivity contribution is -0.305. The molecule has 11 heteroatoms. The molecular formula is C56H97NO10. The standard InChI is InChI=1S/C56H97NO10/c1-4-7-10-13-16-19-22-23-24-25-26-27-29-32-35-38-41-44-51(61)67-54-53(63)52(62)50(45-58)66-56(54)65-46-47(48(59)42-39-36-33-31-28-20-17-14-11-8-5-2)57-55(64)49(60)43-40-37-34-30-21-18-15-12-9-6-3/h7,10,16,19,23-24,26-27,32,35,39,42,47-50,52-54,56,58-60,62-63H,4-6,8-9,11-15,17-18,20-22,25,28-31,33-34,36-38,40-41,43-46H2,1-3H3,(H,57,64)/b10-7-,19-16-,24-23-,27-26-,35-32-,42-39+. The van der Waals surface area contributed by atoms with Gasteiger partial charge in [-0.15, -0.1) is 0 Å². The summed E-state index contributed by atoms with van der Waals surface area (Å²) in [7, 11) is 0. The van der Waals surface area contributed by atoms with E-state index in [2.05, 4.69) is 74.7 Å². The molecule has 1 saturated heterocycles. The van der Waals surface area contributed by atoms with E-state index in [9.17, 15) is 35.1 Å². The van der Waals surface area contributed by atoms with Gasteiger partial charge in [0.25, 0.3) is 0 Å². The third kappa shape index (κ3) is 33.3. The Morgan fingerprint density at radius 3 is 1.60 bits per heavy atom. The predicted octanol–water partition coefficient (Wildman–Crippen LogP) is 11.3. The number of carbonyl (C=O) groups is 2. The highest BCUT2D eigenvalue weighted by Crippen LogP contribution is 2.26. The summed E-state index contributed by atoms with van der Waals surface area (Å²) < 4.78 is 17.5. The molecular weight excluding hydrogens is 847 g/mol. The van der Waals surface area contributed by atoms with Gasteiger partial charge in [-0.05, 0) is 64.2 Å². The minimum Gasteiger partial charge on any atom is -0.454 e. The fourth-order valence-corrected chi connectivity index (χ4v) is 7.86. The van der Waals surface area contributed by atoms with Crippen LogP contribution in [0, 0.1) is 0 Å². The summed E-state index contributed by atoms with van der Waals surface area (Å²) in [6.45, 7) is 5.59. The number of carbonyl (C=O) groups excluding carboxylic acids is 2. The molecule has 1 aliphatic heterocycles. The van der Waals surface area contributed by atoms with Gasteiger partial charge in [0.1, 0.15) is 24.4 Å². The maximum atomic E-state index is 13.3. The van der Waals surface area contributed by atoms with Crippen LogP contribution in [0.5, 0.6) is 0 Å². The molecule has 1 aliphatic rings. The SMILES string of the molecule is CC/C=C\C/C=C\C/C=C\C/C=C\C/C=C\CCCC(=O)OC1C(OCC(NC(=O)C(O)CCCCCCCCCCCC)C(O)/C=C/CCCCCCCCCCC)OC(CO)C(O)C1O. The Kier molecular flexibility index (Phi) is 41.1. The van der Waals surface area contributed by atoms with Gasteiger partial charge >= 0.3 is 5.97 Å². The maximum Gasteiger partial charge on any atom is 0.306 e. The summed E-state index contributed by atoms with van der Waals surface area (Å²) in [6.07, 6.45) is 43.9. The van der Waals surface area contributed by atoms with Gasteiger partial charge in [-0.3, -0.25) is 9.59 Å². The Morgan fingerprint density at radius 1 is 0.597 bits per heavy atom. The van der Waals surface area contributed by atoms with Gasteiger partial charge in [0, 0.05) is 6.42 Å². The first-order chi connectivity index (χ1) is 32.7. The molecule has 6 N–H and O–H groups in total. The summed E-state index contributed by atoms with van der Waals surface area (Å²) in [5.41, 5.74) is 0. The zero-order chi connectivity index (χ0) is 49.0. The molecule has 386 valence electrons. The lowest BCUT2D eigenvalue weighted by Crippen LogP contribution is -2.61. The van der Waals surface area contributed by atoms with E-state index in [0.717, 1.165) is 70.6 Å². The molecule has 8 atom stereocenters. The van der Waals surface area contributed by atoms with Crippen LogP contribution in [0.4, 0.5) is 0 Å². The van der Waals surface area contributed by atoms with Crippen LogP contribution in [0.25, 0.3) is 0 Å². The van der Waals surface area contributed by atoms with Crippen molar-refractivity contribution in [2.24, 2.45) is 0 Å². The van der Waals surface area contributed by atoms with Crippen molar-refractivity contribution in [1.82, 2.24) is 5.32 Å². The molecule has 1 fully saturated rings. The Hall–Kier alpha value is -2.90. The summed E-state index contributed by atoms with van der Waals surface area (Å²) in [5, 5.41) is 56.5. The summed E-state index contributed by atoms with van der Waals surface area (Å²) in [6, 6.07) is -1.03. The van der Waals surface area contributed by atoms with Crippen LogP contribution in [0.3, 0.4) is 0 Å². The number of hydrogen-bond donors (Lipinski definition) is 6.